The quantitative estimate of drug-likeness (QED) is 0.207. The van der Waals surface area contributed by atoms with Gasteiger partial charge in [0.25, 0.3) is 5.91 Å². The molecule has 244 valence electrons. The van der Waals surface area contributed by atoms with E-state index in [1.165, 1.54) is 57.2 Å². The zero-order valence-electron chi connectivity index (χ0n) is 28.7. The number of carbonyl (C=O) groups is 1. The van der Waals surface area contributed by atoms with Gasteiger partial charge in [-0.1, -0.05) is 52.8 Å². The van der Waals surface area contributed by atoms with Crippen LogP contribution in [-0.2, 0) is 6.54 Å². The molecule has 0 bridgehead atoms. The largest absolute Gasteiger partial charge is 0.348 e. The van der Waals surface area contributed by atoms with Crippen LogP contribution in [0.1, 0.15) is 87.7 Å². The topological polar surface area (TPSA) is 68.2 Å². The van der Waals surface area contributed by atoms with Crippen molar-refractivity contribution in [1.29, 1.82) is 0 Å². The van der Waals surface area contributed by atoms with Gasteiger partial charge in [0.2, 0.25) is 0 Å². The average molecular weight is 614 g/mol. The number of anilines is 1. The first-order chi connectivity index (χ1) is 21.6. The monoisotopic (exact) mass is 613 g/mol. The highest BCUT2D eigenvalue weighted by Crippen LogP contribution is 2.37. The Bertz CT molecular complexity index is 1480. The van der Waals surface area contributed by atoms with Crippen LogP contribution in [0.2, 0.25) is 0 Å². The van der Waals surface area contributed by atoms with Crippen molar-refractivity contribution in [2.24, 2.45) is 5.41 Å². The number of nitrogens with one attached hydrogen (secondary N) is 2. The minimum Gasteiger partial charge on any atom is -0.348 e. The molecule has 0 aliphatic carbocycles. The van der Waals surface area contributed by atoms with Gasteiger partial charge in [0, 0.05) is 38.4 Å². The van der Waals surface area contributed by atoms with Gasteiger partial charge in [-0.15, -0.1) is 0 Å². The highest BCUT2D eigenvalue weighted by Gasteiger charge is 2.32. The molecule has 1 aromatic carbocycles. The number of allylic oxidation sites excluding steroid dienone is 2. The van der Waals surface area contributed by atoms with Crippen LogP contribution in [0.25, 0.3) is 16.9 Å². The van der Waals surface area contributed by atoms with Crippen molar-refractivity contribution in [2.45, 2.75) is 79.7 Å². The second-order valence-corrected chi connectivity index (χ2v) is 13.0. The molecule has 2 N–H and O–H groups in total. The maximum Gasteiger partial charge on any atom is 0.254 e. The first-order valence-corrected chi connectivity index (χ1v) is 16.8. The number of hydrazine groups is 1. The van der Waals surface area contributed by atoms with Crippen molar-refractivity contribution >= 4 is 17.2 Å². The van der Waals surface area contributed by atoms with Gasteiger partial charge in [-0.2, -0.15) is 0 Å². The SMILES string of the molecule is C=C/C=C(/Nc1ccc(-c2cnc3cc(C)ccn23)c2c1C(=O)NC2)N(C)N1CCC(C)(CCC)CC1.CCCN(C)CCC. The third-order valence-corrected chi connectivity index (χ3v) is 9.23. The molecule has 8 nitrogen and oxygen atoms in total. The zero-order chi connectivity index (χ0) is 32.6. The lowest BCUT2D eigenvalue weighted by molar-refractivity contribution is -0.0226. The first-order valence-electron chi connectivity index (χ1n) is 16.8. The summed E-state index contributed by atoms with van der Waals surface area (Å²) >= 11 is 0. The Morgan fingerprint density at radius 3 is 2.47 bits per heavy atom. The van der Waals surface area contributed by atoms with E-state index in [1.54, 1.807) is 6.08 Å². The molecule has 0 unspecified atom stereocenters. The molecule has 2 aliphatic rings. The van der Waals surface area contributed by atoms with Crippen molar-refractivity contribution in [3.05, 3.63) is 77.9 Å². The van der Waals surface area contributed by atoms with Crippen LogP contribution in [0, 0.1) is 12.3 Å². The number of piperidine rings is 1. The smallest absolute Gasteiger partial charge is 0.254 e. The molecule has 0 radical (unpaired) electrons. The van der Waals surface area contributed by atoms with Crippen LogP contribution in [0.4, 0.5) is 5.69 Å². The lowest BCUT2D eigenvalue weighted by Gasteiger charge is -2.44. The Hall–Kier alpha value is -3.62. The number of hydrogen-bond acceptors (Lipinski definition) is 6. The minimum atomic E-state index is -0.0575. The van der Waals surface area contributed by atoms with E-state index in [9.17, 15) is 4.79 Å². The molecule has 0 atom stereocenters. The number of rotatable bonds is 12. The summed E-state index contributed by atoms with van der Waals surface area (Å²) in [6.45, 7) is 20.1. The van der Waals surface area contributed by atoms with E-state index < -0.39 is 0 Å². The number of benzene rings is 1. The molecule has 4 heterocycles. The van der Waals surface area contributed by atoms with Crippen LogP contribution >= 0.6 is 0 Å². The molecular formula is C37H55N7O. The molecule has 8 heteroatoms. The summed E-state index contributed by atoms with van der Waals surface area (Å²) in [5.74, 6) is 0.840. The summed E-state index contributed by atoms with van der Waals surface area (Å²) < 4.78 is 2.08. The van der Waals surface area contributed by atoms with Gasteiger partial charge in [0.15, 0.2) is 0 Å². The number of carbonyl (C=O) groups excluding carboxylic acids is 1. The summed E-state index contributed by atoms with van der Waals surface area (Å²) in [5, 5.41) is 11.2. The Labute approximate surface area is 271 Å². The van der Waals surface area contributed by atoms with Crippen molar-refractivity contribution in [1.82, 2.24) is 29.6 Å². The maximum atomic E-state index is 13.0. The van der Waals surface area contributed by atoms with E-state index in [2.05, 4.69) is 108 Å². The van der Waals surface area contributed by atoms with Gasteiger partial charge in [0.05, 0.1) is 23.1 Å². The van der Waals surface area contributed by atoms with Gasteiger partial charge >= 0.3 is 0 Å². The van der Waals surface area contributed by atoms with E-state index in [0.717, 1.165) is 47.1 Å². The van der Waals surface area contributed by atoms with Crippen LogP contribution in [0.3, 0.4) is 0 Å². The van der Waals surface area contributed by atoms with Crippen molar-refractivity contribution < 1.29 is 4.79 Å². The van der Waals surface area contributed by atoms with Crippen LogP contribution in [-0.4, -0.2) is 70.5 Å². The Kier molecular flexibility index (Phi) is 11.9. The van der Waals surface area contributed by atoms with Gasteiger partial charge in [0.1, 0.15) is 11.5 Å². The van der Waals surface area contributed by atoms with Gasteiger partial charge in [-0.05, 0) is 100.0 Å². The number of hydrogen-bond donors (Lipinski definition) is 2. The molecule has 1 amide bonds. The molecule has 5 rings (SSSR count). The van der Waals surface area contributed by atoms with E-state index in [1.807, 2.05) is 24.5 Å². The van der Waals surface area contributed by atoms with E-state index in [-0.39, 0.29) is 5.91 Å². The highest BCUT2D eigenvalue weighted by atomic mass is 16.1. The Morgan fingerprint density at radius 2 is 1.82 bits per heavy atom. The molecule has 1 saturated heterocycles. The number of amides is 1. The predicted molar refractivity (Wildman–Crippen MR) is 188 cm³/mol. The van der Waals surface area contributed by atoms with E-state index >= 15 is 0 Å². The molecule has 0 spiro atoms. The molecule has 3 aromatic rings. The Morgan fingerprint density at radius 1 is 1.11 bits per heavy atom. The molecule has 2 aromatic heterocycles. The minimum absolute atomic E-state index is 0.0575. The third-order valence-electron chi connectivity index (χ3n) is 9.23. The van der Waals surface area contributed by atoms with Crippen LogP contribution < -0.4 is 10.6 Å². The number of imidazole rings is 1. The molecule has 0 saturated carbocycles. The fraction of sp³-hybridized carbons (Fsp3) is 0.514. The van der Waals surface area contributed by atoms with Gasteiger partial charge in [-0.3, -0.25) is 14.2 Å². The normalized spacial score (nSPS) is 16.3. The second kappa shape index (κ2) is 15.6. The summed E-state index contributed by atoms with van der Waals surface area (Å²) in [6.07, 6.45) is 15.1. The lowest BCUT2D eigenvalue weighted by atomic mass is 9.77. The summed E-state index contributed by atoms with van der Waals surface area (Å²) in [6, 6.07) is 8.24. The number of fused-ring (bicyclic) bond motifs is 2. The predicted octanol–water partition coefficient (Wildman–Crippen LogP) is 7.48. The van der Waals surface area contributed by atoms with E-state index in [4.69, 9.17) is 0 Å². The zero-order valence-corrected chi connectivity index (χ0v) is 28.7. The number of pyridine rings is 1. The average Bonchev–Trinajstić information content (AvgIpc) is 3.61. The third kappa shape index (κ3) is 8.16. The summed E-state index contributed by atoms with van der Waals surface area (Å²) in [4.78, 5) is 20.0. The van der Waals surface area contributed by atoms with Gasteiger partial charge in [-0.25, -0.2) is 9.99 Å². The van der Waals surface area contributed by atoms with E-state index in [0.29, 0.717) is 17.5 Å². The molecule has 1 fully saturated rings. The second-order valence-electron chi connectivity index (χ2n) is 13.0. The standard InChI is InChI=1S/C30H38N6O.C7H17N/c1-6-8-26(34(5)35-16-13-30(4,12-7-2)14-17-35)33-24-10-9-22(23-19-32-29(37)28(23)24)25-20-31-27-18-21(3)11-15-36(25)27;1-4-6-8(3)7-5-2/h6,8-11,15,18,20,33H,1,7,12-14,16-17,19H2,2-5H3,(H,32,37);4-7H2,1-3H3/b26-8-;. The Balaban J connectivity index is 0.000000510. The maximum absolute atomic E-state index is 13.0. The number of aryl methyl sites for hydroxylation is 1. The summed E-state index contributed by atoms with van der Waals surface area (Å²) in [5.41, 5.74) is 6.97. The fourth-order valence-corrected chi connectivity index (χ4v) is 6.67. The fourth-order valence-electron chi connectivity index (χ4n) is 6.67. The van der Waals surface area contributed by atoms with Crippen molar-refractivity contribution in [2.75, 3.05) is 45.6 Å². The number of nitrogens with zero attached hydrogens (tertiary/aromatic N) is 5. The van der Waals surface area contributed by atoms with Crippen molar-refractivity contribution in [3.8, 4) is 11.3 Å². The highest BCUT2D eigenvalue weighted by molar-refractivity contribution is 6.05. The van der Waals surface area contributed by atoms with Crippen LogP contribution in [0.5, 0.6) is 0 Å². The molecule has 45 heavy (non-hydrogen) atoms. The summed E-state index contributed by atoms with van der Waals surface area (Å²) in [7, 11) is 4.26. The van der Waals surface area contributed by atoms with Gasteiger partial charge < -0.3 is 15.5 Å². The molecule has 2 aliphatic heterocycles. The number of aromatic nitrogens is 2. The molecular weight excluding hydrogens is 558 g/mol. The first kappa shape index (κ1) is 34.3. The van der Waals surface area contributed by atoms with Crippen LogP contribution in [0.15, 0.2) is 61.2 Å². The van der Waals surface area contributed by atoms with Crippen molar-refractivity contribution in [3.63, 3.8) is 0 Å². The lowest BCUT2D eigenvalue weighted by Crippen LogP contribution is -2.48.